The fourth-order valence-corrected chi connectivity index (χ4v) is 1.29. The molecule has 0 bridgehead atoms. The minimum atomic E-state index is -0.0106. The van der Waals surface area contributed by atoms with E-state index < -0.39 is 0 Å². The van der Waals surface area contributed by atoms with Gasteiger partial charge in [-0.05, 0) is 6.42 Å². The first-order chi connectivity index (χ1) is 6.31. The monoisotopic (exact) mass is 202 g/mol. The number of hydrogen-bond donors (Lipinski definition) is 1. The van der Waals surface area contributed by atoms with Crippen molar-refractivity contribution in [2.24, 2.45) is 0 Å². The molecule has 0 unspecified atom stereocenters. The topological polar surface area (TPSA) is 29.1 Å². The Kier molecular flexibility index (Phi) is 9.77. The summed E-state index contributed by atoms with van der Waals surface area (Å²) in [5, 5.41) is 2.78. The highest BCUT2D eigenvalue weighted by Crippen LogP contribution is 2.03. The Hall–Kier alpha value is -0.180. The van der Waals surface area contributed by atoms with Crippen LogP contribution in [0.25, 0.3) is 0 Å². The summed E-state index contributed by atoms with van der Waals surface area (Å²) in [6, 6.07) is 0. The average molecular weight is 202 g/mol. The molecule has 0 aromatic rings. The predicted molar refractivity (Wildman–Crippen MR) is 58.8 cm³/mol. The van der Waals surface area contributed by atoms with Gasteiger partial charge < -0.3 is 5.32 Å². The van der Waals surface area contributed by atoms with Crippen molar-refractivity contribution in [1.82, 2.24) is 5.32 Å². The molecule has 0 aliphatic carbocycles. The van der Waals surface area contributed by atoms with E-state index >= 15 is 0 Å². The Morgan fingerprint density at radius 2 is 1.77 bits per heavy atom. The highest BCUT2D eigenvalue weighted by molar-refractivity contribution is 7.81. The zero-order valence-electron chi connectivity index (χ0n) is 8.47. The van der Waals surface area contributed by atoms with E-state index in [9.17, 15) is 4.79 Å². The van der Waals surface area contributed by atoms with Gasteiger partial charge in [-0.25, -0.2) is 0 Å². The predicted octanol–water partition coefficient (Wildman–Crippen LogP) is 2.66. The molecule has 0 saturated carbocycles. The van der Waals surface area contributed by atoms with E-state index in [1.54, 1.807) is 0 Å². The molecule has 0 heterocycles. The van der Waals surface area contributed by atoms with E-state index in [-0.39, 0.29) is 11.7 Å². The number of carbonyl (C=O) groups excluding carboxylic acids is 1. The van der Waals surface area contributed by atoms with E-state index in [0.717, 1.165) is 13.0 Å². The van der Waals surface area contributed by atoms with E-state index in [1.807, 2.05) is 0 Å². The highest BCUT2D eigenvalue weighted by atomic mass is 32.1. The second-order valence-electron chi connectivity index (χ2n) is 3.26. The van der Waals surface area contributed by atoms with Crippen LogP contribution in [0, 0.1) is 0 Å². The maximum Gasteiger partial charge on any atom is 0.230 e. The van der Waals surface area contributed by atoms with Crippen LogP contribution >= 0.6 is 12.6 Å². The molecule has 0 aliphatic rings. The molecule has 0 spiro atoms. The van der Waals surface area contributed by atoms with Gasteiger partial charge in [-0.15, -0.1) is 0 Å². The van der Waals surface area contributed by atoms with E-state index in [2.05, 4.69) is 24.9 Å². The largest absolute Gasteiger partial charge is 0.355 e. The Balaban J connectivity index is 2.95. The van der Waals surface area contributed by atoms with Gasteiger partial charge in [0.25, 0.3) is 0 Å². The van der Waals surface area contributed by atoms with Gasteiger partial charge in [0.15, 0.2) is 0 Å². The average Bonchev–Trinajstić information content (AvgIpc) is 2.16. The third kappa shape index (κ3) is 9.74. The standard InChI is InChI=1S/C10H20NOS/c1-2-3-4-5-6-7-8-11-10(12)9-13/h2-9H2,1H3,(H,11,12). The van der Waals surface area contributed by atoms with Crippen molar-refractivity contribution in [3.63, 3.8) is 0 Å². The first kappa shape index (κ1) is 12.8. The molecule has 77 valence electrons. The molecule has 0 rings (SSSR count). The number of rotatable bonds is 8. The number of unbranched alkanes of at least 4 members (excludes halogenated alkanes) is 5. The molecule has 2 nitrogen and oxygen atoms in total. The first-order valence-corrected chi connectivity index (χ1v) is 5.73. The lowest BCUT2D eigenvalue weighted by molar-refractivity contribution is -0.118. The van der Waals surface area contributed by atoms with E-state index in [4.69, 9.17) is 0 Å². The number of amides is 1. The second kappa shape index (κ2) is 9.90. The Morgan fingerprint density at radius 1 is 1.15 bits per heavy atom. The maximum atomic E-state index is 10.7. The molecule has 0 aliphatic heterocycles. The summed E-state index contributed by atoms with van der Waals surface area (Å²) in [6.45, 7) is 3.01. The molecular weight excluding hydrogens is 182 g/mol. The number of nitrogens with one attached hydrogen (secondary N) is 1. The van der Waals surface area contributed by atoms with Crippen LogP contribution < -0.4 is 5.32 Å². The maximum absolute atomic E-state index is 10.7. The summed E-state index contributed by atoms with van der Waals surface area (Å²) >= 11 is 4.60. The summed E-state index contributed by atoms with van der Waals surface area (Å²) in [5.41, 5.74) is 0. The molecule has 1 amide bonds. The Labute approximate surface area is 86.9 Å². The SMILES string of the molecule is CCCCCCCCNC(=O)C[S]. The van der Waals surface area contributed by atoms with Gasteiger partial charge in [0.05, 0.1) is 5.75 Å². The van der Waals surface area contributed by atoms with Crippen LogP contribution in [-0.4, -0.2) is 18.2 Å². The molecule has 0 aromatic heterocycles. The van der Waals surface area contributed by atoms with Crippen molar-refractivity contribution in [3.05, 3.63) is 0 Å². The van der Waals surface area contributed by atoms with E-state index in [0.29, 0.717) is 0 Å². The first-order valence-electron chi connectivity index (χ1n) is 5.16. The lowest BCUT2D eigenvalue weighted by Gasteiger charge is -2.02. The third-order valence-corrected chi connectivity index (χ3v) is 2.25. The minimum absolute atomic E-state index is 0.0106. The van der Waals surface area contributed by atoms with Gasteiger partial charge >= 0.3 is 0 Å². The van der Waals surface area contributed by atoms with Gasteiger partial charge in [0, 0.05) is 6.54 Å². The second-order valence-corrected chi connectivity index (χ2v) is 3.55. The molecule has 0 aromatic carbocycles. The van der Waals surface area contributed by atoms with Crippen molar-refractivity contribution in [1.29, 1.82) is 0 Å². The smallest absolute Gasteiger partial charge is 0.230 e. The van der Waals surface area contributed by atoms with Gasteiger partial charge in [-0.1, -0.05) is 51.7 Å². The normalized spacial score (nSPS) is 10.0. The van der Waals surface area contributed by atoms with Crippen LogP contribution in [0.1, 0.15) is 45.4 Å². The van der Waals surface area contributed by atoms with Crippen LogP contribution in [-0.2, 0) is 4.79 Å². The van der Waals surface area contributed by atoms with Gasteiger partial charge in [0.2, 0.25) is 5.91 Å². The van der Waals surface area contributed by atoms with Gasteiger partial charge in [0.1, 0.15) is 0 Å². The third-order valence-electron chi connectivity index (χ3n) is 1.98. The molecule has 3 heteroatoms. The Bertz CT molecular complexity index is 128. The fraction of sp³-hybridized carbons (Fsp3) is 0.900. The highest BCUT2D eigenvalue weighted by Gasteiger charge is 1.95. The molecule has 1 radical (unpaired) electrons. The molecular formula is C10H20NOS. The summed E-state index contributed by atoms with van der Waals surface area (Å²) in [4.78, 5) is 10.7. The minimum Gasteiger partial charge on any atom is -0.355 e. The van der Waals surface area contributed by atoms with Crippen LogP contribution in [0.5, 0.6) is 0 Å². The summed E-state index contributed by atoms with van der Waals surface area (Å²) < 4.78 is 0. The number of hydrogen-bond acceptors (Lipinski definition) is 1. The lowest BCUT2D eigenvalue weighted by atomic mass is 10.1. The van der Waals surface area contributed by atoms with E-state index in [1.165, 1.54) is 32.1 Å². The fourth-order valence-electron chi connectivity index (χ4n) is 1.18. The Morgan fingerprint density at radius 3 is 2.38 bits per heavy atom. The van der Waals surface area contributed by atoms with Crippen molar-refractivity contribution in [2.75, 3.05) is 12.3 Å². The molecule has 13 heavy (non-hydrogen) atoms. The molecule has 0 atom stereocenters. The van der Waals surface area contributed by atoms with Crippen molar-refractivity contribution in [2.45, 2.75) is 45.4 Å². The van der Waals surface area contributed by atoms with Crippen LogP contribution in [0.15, 0.2) is 0 Å². The zero-order chi connectivity index (χ0) is 9.94. The van der Waals surface area contributed by atoms with Crippen LogP contribution in [0.3, 0.4) is 0 Å². The molecule has 0 fully saturated rings. The summed E-state index contributed by atoms with van der Waals surface area (Å²) in [7, 11) is 0. The van der Waals surface area contributed by atoms with Crippen molar-refractivity contribution < 1.29 is 4.79 Å². The molecule has 1 N–H and O–H groups in total. The van der Waals surface area contributed by atoms with Crippen LogP contribution in [0.4, 0.5) is 0 Å². The summed E-state index contributed by atoms with van der Waals surface area (Å²) in [5.74, 6) is 0.180. The lowest BCUT2D eigenvalue weighted by Crippen LogP contribution is -2.25. The van der Waals surface area contributed by atoms with Gasteiger partial charge in [-0.3, -0.25) is 4.79 Å². The zero-order valence-corrected chi connectivity index (χ0v) is 9.29. The van der Waals surface area contributed by atoms with Gasteiger partial charge in [-0.2, -0.15) is 0 Å². The molecule has 0 saturated heterocycles. The van der Waals surface area contributed by atoms with Crippen molar-refractivity contribution in [3.8, 4) is 0 Å². The number of carbonyl (C=O) groups is 1. The van der Waals surface area contributed by atoms with Crippen LogP contribution in [0.2, 0.25) is 0 Å². The van der Waals surface area contributed by atoms with Crippen molar-refractivity contribution >= 4 is 18.5 Å². The summed E-state index contributed by atoms with van der Waals surface area (Å²) in [6.07, 6.45) is 7.54. The quantitative estimate of drug-likeness (QED) is 0.602.